The van der Waals surface area contributed by atoms with Gasteiger partial charge in [0, 0.05) is 5.69 Å². The second-order valence-corrected chi connectivity index (χ2v) is 7.70. The molecule has 2 aromatic carbocycles. The molecule has 0 aliphatic carbocycles. The highest BCUT2D eigenvalue weighted by atomic mass is 19.1. The lowest BCUT2D eigenvalue weighted by atomic mass is 10.0. The number of likely N-dealkylation sites (N-methyl/N-ethyl adjacent to an activating group) is 1. The molecule has 2 amide bonds. The lowest BCUT2D eigenvalue weighted by Gasteiger charge is -2.26. The fourth-order valence-corrected chi connectivity index (χ4v) is 2.75. The predicted octanol–water partition coefficient (Wildman–Crippen LogP) is 4.80. The number of nitrogens with one attached hydrogen (secondary N) is 2. The smallest absolute Gasteiger partial charge is 0.412 e. The molecule has 0 aromatic heterocycles. The Hall–Kier alpha value is -2.93. The number of halogens is 1. The quantitative estimate of drug-likeness (QED) is 0.729. The van der Waals surface area contributed by atoms with Crippen LogP contribution in [0.25, 0.3) is 0 Å². The van der Waals surface area contributed by atoms with Gasteiger partial charge in [-0.15, -0.1) is 0 Å². The van der Waals surface area contributed by atoms with Crippen LogP contribution in [0.4, 0.5) is 20.6 Å². The molecule has 0 radical (unpaired) electrons. The molecule has 1 unspecified atom stereocenters. The van der Waals surface area contributed by atoms with Crippen LogP contribution in [0.5, 0.6) is 0 Å². The average molecular weight is 401 g/mol. The van der Waals surface area contributed by atoms with Crippen LogP contribution in [0.1, 0.15) is 39.3 Å². The monoisotopic (exact) mass is 401 g/mol. The molecule has 7 heteroatoms. The summed E-state index contributed by atoms with van der Waals surface area (Å²) in [5.74, 6) is -0.880. The number of carbonyl (C=O) groups is 2. The summed E-state index contributed by atoms with van der Waals surface area (Å²) in [7, 11) is 1.86. The molecular formula is C22H28FN3O3. The molecule has 1 atom stereocenters. The van der Waals surface area contributed by atoms with Gasteiger partial charge in [-0.25, -0.2) is 9.18 Å². The van der Waals surface area contributed by atoms with Crippen LogP contribution >= 0.6 is 0 Å². The van der Waals surface area contributed by atoms with Gasteiger partial charge >= 0.3 is 6.09 Å². The molecule has 2 N–H and O–H groups in total. The Morgan fingerprint density at radius 3 is 2.34 bits per heavy atom. The summed E-state index contributed by atoms with van der Waals surface area (Å²) in [6, 6.07) is 12.9. The Balaban J connectivity index is 2.20. The SMILES string of the molecule is CCN(C)C(C(=O)Nc1ccc(F)c(NC(=O)OC(C)(C)C)c1)c1ccccc1. The number of rotatable bonds is 6. The zero-order valence-electron chi connectivity index (χ0n) is 17.5. The van der Waals surface area contributed by atoms with Crippen LogP contribution in [0.15, 0.2) is 48.5 Å². The van der Waals surface area contributed by atoms with Crippen LogP contribution in [-0.4, -0.2) is 36.1 Å². The third-order valence-corrected chi connectivity index (χ3v) is 4.17. The summed E-state index contributed by atoms with van der Waals surface area (Å²) >= 11 is 0. The minimum Gasteiger partial charge on any atom is -0.444 e. The van der Waals surface area contributed by atoms with Crippen molar-refractivity contribution in [2.75, 3.05) is 24.2 Å². The molecule has 0 saturated heterocycles. The summed E-state index contributed by atoms with van der Waals surface area (Å²) < 4.78 is 19.3. The molecule has 6 nitrogen and oxygen atoms in total. The molecule has 0 aliphatic heterocycles. The first-order chi connectivity index (χ1) is 13.6. The third kappa shape index (κ3) is 6.57. The van der Waals surface area contributed by atoms with E-state index in [1.54, 1.807) is 20.8 Å². The van der Waals surface area contributed by atoms with Crippen molar-refractivity contribution in [3.05, 3.63) is 59.9 Å². The van der Waals surface area contributed by atoms with Gasteiger partial charge in [0.15, 0.2) is 0 Å². The summed E-state index contributed by atoms with van der Waals surface area (Å²) in [6.07, 6.45) is -0.771. The average Bonchev–Trinajstić information content (AvgIpc) is 2.63. The van der Waals surface area contributed by atoms with Gasteiger partial charge in [0.2, 0.25) is 5.91 Å². The van der Waals surface area contributed by atoms with Crippen molar-refractivity contribution in [3.8, 4) is 0 Å². The maximum Gasteiger partial charge on any atom is 0.412 e. The highest BCUT2D eigenvalue weighted by molar-refractivity contribution is 5.96. The van der Waals surface area contributed by atoms with Gasteiger partial charge in [-0.3, -0.25) is 15.0 Å². The second kappa shape index (κ2) is 9.52. The summed E-state index contributed by atoms with van der Waals surface area (Å²) in [6.45, 7) is 7.78. The van der Waals surface area contributed by atoms with Crippen molar-refractivity contribution < 1.29 is 18.7 Å². The minimum atomic E-state index is -0.771. The van der Waals surface area contributed by atoms with E-state index in [0.29, 0.717) is 12.2 Å². The molecule has 0 fully saturated rings. The Bertz CT molecular complexity index is 850. The fraction of sp³-hybridized carbons (Fsp3) is 0.364. The molecule has 2 aromatic rings. The maximum absolute atomic E-state index is 14.1. The van der Waals surface area contributed by atoms with Gasteiger partial charge in [-0.2, -0.15) is 0 Å². The zero-order valence-corrected chi connectivity index (χ0v) is 17.5. The first-order valence-corrected chi connectivity index (χ1v) is 9.46. The van der Waals surface area contributed by atoms with Crippen LogP contribution in [0.3, 0.4) is 0 Å². The lowest BCUT2D eigenvalue weighted by Crippen LogP contribution is -2.34. The molecule has 0 aliphatic rings. The van der Waals surface area contributed by atoms with E-state index in [1.807, 2.05) is 49.2 Å². The second-order valence-electron chi connectivity index (χ2n) is 7.70. The van der Waals surface area contributed by atoms with Crippen molar-refractivity contribution >= 4 is 23.4 Å². The standard InChI is InChI=1S/C22H28FN3O3/c1-6-26(5)19(15-10-8-7-9-11-15)20(27)24-16-12-13-17(23)18(14-16)25-21(28)29-22(2,3)4/h7-14,19H,6H2,1-5H3,(H,24,27)(H,25,28). The van der Waals surface area contributed by atoms with Crippen molar-refractivity contribution in [1.29, 1.82) is 0 Å². The van der Waals surface area contributed by atoms with Gasteiger partial charge in [0.25, 0.3) is 0 Å². The molecule has 0 saturated carbocycles. The van der Waals surface area contributed by atoms with E-state index in [1.165, 1.54) is 18.2 Å². The van der Waals surface area contributed by atoms with E-state index in [9.17, 15) is 14.0 Å². The molecule has 0 heterocycles. The summed E-state index contributed by atoms with van der Waals surface area (Å²) in [5.41, 5.74) is 0.439. The van der Waals surface area contributed by atoms with Crippen molar-refractivity contribution in [3.63, 3.8) is 0 Å². The van der Waals surface area contributed by atoms with Crippen LogP contribution in [0.2, 0.25) is 0 Å². The Morgan fingerprint density at radius 2 is 1.76 bits per heavy atom. The van der Waals surface area contributed by atoms with Crippen LogP contribution < -0.4 is 10.6 Å². The van der Waals surface area contributed by atoms with E-state index in [2.05, 4.69) is 10.6 Å². The summed E-state index contributed by atoms with van der Waals surface area (Å²) in [4.78, 5) is 26.8. The number of anilines is 2. The van der Waals surface area contributed by atoms with E-state index in [4.69, 9.17) is 4.74 Å². The van der Waals surface area contributed by atoms with Gasteiger partial charge in [-0.05, 0) is 58.1 Å². The number of ether oxygens (including phenoxy) is 1. The highest BCUT2D eigenvalue weighted by Gasteiger charge is 2.24. The number of hydrogen-bond donors (Lipinski definition) is 2. The topological polar surface area (TPSA) is 70.7 Å². The Labute approximate surface area is 171 Å². The first kappa shape index (κ1) is 22.4. The molecule has 0 spiro atoms. The predicted molar refractivity (Wildman–Crippen MR) is 112 cm³/mol. The van der Waals surface area contributed by atoms with E-state index in [-0.39, 0.29) is 11.6 Å². The first-order valence-electron chi connectivity index (χ1n) is 9.46. The molecule has 29 heavy (non-hydrogen) atoms. The van der Waals surface area contributed by atoms with Crippen LogP contribution in [0, 0.1) is 5.82 Å². The number of carbonyl (C=O) groups excluding carboxylic acids is 2. The van der Waals surface area contributed by atoms with Gasteiger partial charge < -0.3 is 10.1 Å². The van der Waals surface area contributed by atoms with Gasteiger partial charge in [-0.1, -0.05) is 37.3 Å². The fourth-order valence-electron chi connectivity index (χ4n) is 2.75. The lowest BCUT2D eigenvalue weighted by molar-refractivity contribution is -0.121. The Morgan fingerprint density at radius 1 is 1.10 bits per heavy atom. The highest BCUT2D eigenvalue weighted by Crippen LogP contribution is 2.24. The van der Waals surface area contributed by atoms with E-state index < -0.39 is 23.6 Å². The van der Waals surface area contributed by atoms with Gasteiger partial charge in [0.1, 0.15) is 17.5 Å². The summed E-state index contributed by atoms with van der Waals surface area (Å²) in [5, 5.41) is 5.18. The van der Waals surface area contributed by atoms with E-state index >= 15 is 0 Å². The molecule has 156 valence electrons. The molecular weight excluding hydrogens is 373 g/mol. The number of hydrogen-bond acceptors (Lipinski definition) is 4. The van der Waals surface area contributed by atoms with Gasteiger partial charge in [0.05, 0.1) is 5.69 Å². The third-order valence-electron chi connectivity index (χ3n) is 4.17. The zero-order chi connectivity index (χ0) is 21.6. The Kier molecular flexibility index (Phi) is 7.34. The minimum absolute atomic E-state index is 0.0721. The largest absolute Gasteiger partial charge is 0.444 e. The van der Waals surface area contributed by atoms with E-state index in [0.717, 1.165) is 5.56 Å². The van der Waals surface area contributed by atoms with Crippen molar-refractivity contribution in [2.45, 2.75) is 39.3 Å². The molecule has 0 bridgehead atoms. The van der Waals surface area contributed by atoms with Crippen LogP contribution in [-0.2, 0) is 9.53 Å². The normalized spacial score (nSPS) is 12.4. The van der Waals surface area contributed by atoms with Crippen molar-refractivity contribution in [1.82, 2.24) is 4.90 Å². The number of amides is 2. The number of benzene rings is 2. The molecule has 2 rings (SSSR count). The maximum atomic E-state index is 14.1. The number of nitrogens with zero attached hydrogens (tertiary/aromatic N) is 1. The van der Waals surface area contributed by atoms with Crippen molar-refractivity contribution in [2.24, 2.45) is 0 Å².